The van der Waals surface area contributed by atoms with E-state index in [1.807, 2.05) is 6.07 Å². The number of rotatable bonds is 6. The number of amides is 1. The van der Waals surface area contributed by atoms with Crippen LogP contribution in [0.2, 0.25) is 0 Å². The lowest BCUT2D eigenvalue weighted by molar-refractivity contribution is 0.0694. The lowest BCUT2D eigenvalue weighted by Gasteiger charge is -2.05. The number of aliphatic hydroxyl groups is 1. The summed E-state index contributed by atoms with van der Waals surface area (Å²) in [5.41, 5.74) is 1.60. The summed E-state index contributed by atoms with van der Waals surface area (Å²) in [6.45, 7) is 1.95. The molecule has 22 heavy (non-hydrogen) atoms. The molecule has 0 radical (unpaired) electrons. The van der Waals surface area contributed by atoms with E-state index < -0.39 is 11.9 Å². The summed E-state index contributed by atoms with van der Waals surface area (Å²) < 4.78 is 5.29. The van der Waals surface area contributed by atoms with Crippen LogP contribution in [-0.2, 0) is 19.6 Å². The number of carboxylic acid groups (broad SMARTS) is 1. The van der Waals surface area contributed by atoms with Crippen LogP contribution in [0.1, 0.15) is 44.7 Å². The Morgan fingerprint density at radius 1 is 1.23 bits per heavy atom. The highest BCUT2D eigenvalue weighted by atomic mass is 16.4. The molecule has 0 spiro atoms. The summed E-state index contributed by atoms with van der Waals surface area (Å²) in [6, 6.07) is 8.41. The second-order valence-corrected chi connectivity index (χ2v) is 4.77. The number of carbonyl (C=O) groups excluding carboxylic acids is 1. The third kappa shape index (κ3) is 3.53. The molecule has 1 amide bonds. The molecule has 1 heterocycles. The zero-order valence-corrected chi connectivity index (χ0v) is 12.1. The van der Waals surface area contributed by atoms with Gasteiger partial charge in [0, 0.05) is 19.0 Å². The second kappa shape index (κ2) is 6.91. The molecule has 0 fully saturated rings. The molecule has 0 unspecified atom stereocenters. The maximum absolute atomic E-state index is 12.0. The molecular formula is C16H17NO5. The summed E-state index contributed by atoms with van der Waals surface area (Å²) in [5, 5.41) is 20.8. The van der Waals surface area contributed by atoms with Gasteiger partial charge in [-0.25, -0.2) is 4.79 Å². The molecule has 0 saturated carbocycles. The molecule has 0 aliphatic heterocycles. The number of furan rings is 1. The summed E-state index contributed by atoms with van der Waals surface area (Å²) in [7, 11) is 0. The van der Waals surface area contributed by atoms with Crippen molar-refractivity contribution >= 4 is 11.9 Å². The predicted molar refractivity (Wildman–Crippen MR) is 78.6 cm³/mol. The van der Waals surface area contributed by atoms with E-state index in [-0.39, 0.29) is 30.2 Å². The summed E-state index contributed by atoms with van der Waals surface area (Å²) >= 11 is 0. The number of carbonyl (C=O) groups is 2. The normalized spacial score (nSPS) is 10.5. The molecule has 2 rings (SSSR count). The van der Waals surface area contributed by atoms with Crippen LogP contribution in [-0.4, -0.2) is 22.1 Å². The van der Waals surface area contributed by atoms with Crippen molar-refractivity contribution in [2.75, 3.05) is 0 Å². The molecule has 2 aromatic rings. The highest BCUT2D eigenvalue weighted by Crippen LogP contribution is 2.16. The van der Waals surface area contributed by atoms with Gasteiger partial charge < -0.3 is 19.9 Å². The van der Waals surface area contributed by atoms with Gasteiger partial charge in [-0.15, -0.1) is 0 Å². The van der Waals surface area contributed by atoms with Crippen molar-refractivity contribution in [1.82, 2.24) is 5.32 Å². The van der Waals surface area contributed by atoms with Crippen LogP contribution in [0.15, 0.2) is 34.7 Å². The Labute approximate surface area is 127 Å². The maximum Gasteiger partial charge on any atom is 0.339 e. The number of hydrogen-bond donors (Lipinski definition) is 3. The molecule has 0 aliphatic carbocycles. The first kappa shape index (κ1) is 15.8. The fourth-order valence-electron chi connectivity index (χ4n) is 2.09. The smallest absolute Gasteiger partial charge is 0.339 e. The zero-order chi connectivity index (χ0) is 16.1. The number of carboxylic acids is 1. The standard InChI is InChI=1S/C16H17NO5/c1-2-13-12(16(20)21)7-14(22-13)15(19)17-8-10-4-3-5-11(6-10)9-18/h3-7,18H,2,8-9H2,1H3,(H,17,19)(H,20,21). The number of benzene rings is 1. The second-order valence-electron chi connectivity index (χ2n) is 4.77. The Balaban J connectivity index is 2.07. The number of nitrogens with one attached hydrogen (secondary N) is 1. The maximum atomic E-state index is 12.0. The van der Waals surface area contributed by atoms with Gasteiger partial charge in [0.25, 0.3) is 5.91 Å². The van der Waals surface area contributed by atoms with Gasteiger partial charge in [0.15, 0.2) is 5.76 Å². The largest absolute Gasteiger partial charge is 0.478 e. The van der Waals surface area contributed by atoms with Crippen molar-refractivity contribution in [1.29, 1.82) is 0 Å². The monoisotopic (exact) mass is 303 g/mol. The van der Waals surface area contributed by atoms with Gasteiger partial charge in [-0.3, -0.25) is 4.79 Å². The average molecular weight is 303 g/mol. The minimum atomic E-state index is -1.12. The topological polar surface area (TPSA) is 99.8 Å². The van der Waals surface area contributed by atoms with E-state index >= 15 is 0 Å². The first-order chi connectivity index (χ1) is 10.5. The molecule has 0 atom stereocenters. The highest BCUT2D eigenvalue weighted by molar-refractivity contribution is 5.96. The molecule has 0 bridgehead atoms. The predicted octanol–water partition coefficient (Wildman–Crippen LogP) is 1.96. The van der Waals surface area contributed by atoms with E-state index in [1.54, 1.807) is 25.1 Å². The van der Waals surface area contributed by atoms with Gasteiger partial charge in [-0.05, 0) is 11.1 Å². The fourth-order valence-corrected chi connectivity index (χ4v) is 2.09. The van der Waals surface area contributed by atoms with E-state index in [0.29, 0.717) is 6.42 Å². The van der Waals surface area contributed by atoms with Crippen LogP contribution >= 0.6 is 0 Å². The fraction of sp³-hybridized carbons (Fsp3) is 0.250. The first-order valence-corrected chi connectivity index (χ1v) is 6.88. The molecule has 1 aromatic carbocycles. The van der Waals surface area contributed by atoms with Crippen LogP contribution in [0, 0.1) is 0 Å². The number of hydrogen-bond acceptors (Lipinski definition) is 4. The molecule has 0 aliphatic rings. The zero-order valence-electron chi connectivity index (χ0n) is 12.1. The molecular weight excluding hydrogens is 286 g/mol. The van der Waals surface area contributed by atoms with Crippen molar-refractivity contribution in [3.63, 3.8) is 0 Å². The van der Waals surface area contributed by atoms with E-state index in [1.165, 1.54) is 6.07 Å². The third-order valence-electron chi connectivity index (χ3n) is 3.21. The van der Waals surface area contributed by atoms with Gasteiger partial charge in [0.2, 0.25) is 0 Å². The minimum absolute atomic E-state index is 0.00919. The number of aryl methyl sites for hydroxylation is 1. The Kier molecular flexibility index (Phi) is 4.95. The summed E-state index contributed by atoms with van der Waals surface area (Å²) in [5.74, 6) is -1.33. The van der Waals surface area contributed by atoms with Crippen LogP contribution in [0.5, 0.6) is 0 Å². The van der Waals surface area contributed by atoms with E-state index in [9.17, 15) is 9.59 Å². The van der Waals surface area contributed by atoms with Crippen LogP contribution in [0.4, 0.5) is 0 Å². The highest BCUT2D eigenvalue weighted by Gasteiger charge is 2.19. The quantitative estimate of drug-likeness (QED) is 0.757. The molecule has 3 N–H and O–H groups in total. The van der Waals surface area contributed by atoms with Gasteiger partial charge in [-0.2, -0.15) is 0 Å². The molecule has 0 saturated heterocycles. The van der Waals surface area contributed by atoms with Gasteiger partial charge >= 0.3 is 5.97 Å². The summed E-state index contributed by atoms with van der Waals surface area (Å²) in [4.78, 5) is 23.1. The van der Waals surface area contributed by atoms with Crippen LogP contribution in [0.25, 0.3) is 0 Å². The van der Waals surface area contributed by atoms with Gasteiger partial charge in [-0.1, -0.05) is 31.2 Å². The Hall–Kier alpha value is -2.60. The van der Waals surface area contributed by atoms with Crippen LogP contribution in [0.3, 0.4) is 0 Å². The lowest BCUT2D eigenvalue weighted by Crippen LogP contribution is -2.22. The first-order valence-electron chi connectivity index (χ1n) is 6.88. The minimum Gasteiger partial charge on any atom is -0.478 e. The van der Waals surface area contributed by atoms with Crippen molar-refractivity contribution in [2.45, 2.75) is 26.5 Å². The number of aromatic carboxylic acids is 1. The number of aliphatic hydroxyl groups excluding tert-OH is 1. The lowest BCUT2D eigenvalue weighted by atomic mass is 10.1. The molecule has 116 valence electrons. The molecule has 6 heteroatoms. The Morgan fingerprint density at radius 2 is 1.95 bits per heavy atom. The van der Waals surface area contributed by atoms with E-state index in [2.05, 4.69) is 5.32 Å². The van der Waals surface area contributed by atoms with Gasteiger partial charge in [0.05, 0.1) is 6.61 Å². The van der Waals surface area contributed by atoms with Crippen LogP contribution < -0.4 is 5.32 Å². The SMILES string of the molecule is CCc1oc(C(=O)NCc2cccc(CO)c2)cc1C(=O)O. The Morgan fingerprint density at radius 3 is 2.55 bits per heavy atom. The van der Waals surface area contributed by atoms with Crippen molar-refractivity contribution in [3.8, 4) is 0 Å². The van der Waals surface area contributed by atoms with Crippen molar-refractivity contribution in [3.05, 3.63) is 58.5 Å². The average Bonchev–Trinajstić information content (AvgIpc) is 2.97. The van der Waals surface area contributed by atoms with Crippen molar-refractivity contribution in [2.24, 2.45) is 0 Å². The third-order valence-corrected chi connectivity index (χ3v) is 3.21. The Bertz CT molecular complexity index is 690. The molecule has 1 aromatic heterocycles. The van der Waals surface area contributed by atoms with Crippen molar-refractivity contribution < 1.29 is 24.2 Å². The van der Waals surface area contributed by atoms with Gasteiger partial charge in [0.1, 0.15) is 11.3 Å². The van der Waals surface area contributed by atoms with E-state index in [4.69, 9.17) is 14.6 Å². The summed E-state index contributed by atoms with van der Waals surface area (Å²) in [6.07, 6.45) is 0.396. The van der Waals surface area contributed by atoms with E-state index in [0.717, 1.165) is 11.1 Å². The molecule has 6 nitrogen and oxygen atoms in total.